The zero-order chi connectivity index (χ0) is 25.7. The Hall–Kier alpha value is -3.23. The van der Waals surface area contributed by atoms with Crippen LogP contribution in [0.4, 0.5) is 19.0 Å². The van der Waals surface area contributed by atoms with Gasteiger partial charge >= 0.3 is 6.18 Å². The van der Waals surface area contributed by atoms with E-state index in [0.29, 0.717) is 30.9 Å². The van der Waals surface area contributed by atoms with Crippen molar-refractivity contribution in [3.63, 3.8) is 0 Å². The number of likely N-dealkylation sites (tertiary alicyclic amines) is 1. The molecule has 1 saturated heterocycles. The molecule has 4 rings (SSSR count). The maximum absolute atomic E-state index is 12.8. The summed E-state index contributed by atoms with van der Waals surface area (Å²) < 4.78 is 38.5. The van der Waals surface area contributed by atoms with Crippen LogP contribution in [0.2, 0.25) is 0 Å². The Morgan fingerprint density at radius 1 is 1.11 bits per heavy atom. The average molecular weight is 497 g/mol. The zero-order valence-electron chi connectivity index (χ0n) is 20.3. The standard InChI is InChI=1S/C28H31F3N4O/c1-33-11-10-21-13-22(8-9-24(21)17-36)26-14-25(15-34-27(26)32)20-6-4-19(5-7-20)23-3-2-12-35(16-23)18-28(29,30)31/h4-9,13-15,17,23,33H,2-3,10-12,16,18H2,1H3,(H2,32,34). The average Bonchev–Trinajstić information content (AvgIpc) is 2.87. The molecule has 0 amide bonds. The van der Waals surface area contributed by atoms with Gasteiger partial charge in [-0.25, -0.2) is 4.98 Å². The van der Waals surface area contributed by atoms with Crippen LogP contribution in [0.25, 0.3) is 22.3 Å². The Kier molecular flexibility index (Phi) is 8.06. The fourth-order valence-corrected chi connectivity index (χ4v) is 4.90. The number of pyridine rings is 1. The second kappa shape index (κ2) is 11.2. The molecule has 8 heteroatoms. The molecule has 0 saturated carbocycles. The molecule has 3 aromatic rings. The molecular formula is C28H31F3N4O. The van der Waals surface area contributed by atoms with E-state index in [2.05, 4.69) is 10.3 Å². The van der Waals surface area contributed by atoms with Crippen molar-refractivity contribution in [1.29, 1.82) is 0 Å². The molecule has 5 nitrogen and oxygen atoms in total. The van der Waals surface area contributed by atoms with Crippen LogP contribution in [-0.2, 0) is 6.42 Å². The number of hydrogen-bond donors (Lipinski definition) is 2. The molecule has 1 unspecified atom stereocenters. The summed E-state index contributed by atoms with van der Waals surface area (Å²) >= 11 is 0. The largest absolute Gasteiger partial charge is 0.401 e. The smallest absolute Gasteiger partial charge is 0.383 e. The normalized spacial score (nSPS) is 16.7. The molecule has 190 valence electrons. The van der Waals surface area contributed by atoms with Crippen molar-refractivity contribution in [3.8, 4) is 22.3 Å². The number of nitrogens with one attached hydrogen (secondary N) is 1. The maximum atomic E-state index is 12.8. The van der Waals surface area contributed by atoms with Gasteiger partial charge in [0, 0.05) is 29.4 Å². The number of benzene rings is 2. The lowest BCUT2D eigenvalue weighted by atomic mass is 9.89. The molecule has 0 spiro atoms. The van der Waals surface area contributed by atoms with E-state index in [1.54, 1.807) is 12.3 Å². The Bertz CT molecular complexity index is 1190. The number of halogens is 3. The molecule has 1 atom stereocenters. The molecule has 1 aliphatic heterocycles. The van der Waals surface area contributed by atoms with E-state index in [1.165, 1.54) is 4.90 Å². The number of carbonyl (C=O) groups is 1. The SMILES string of the molecule is CNCCc1cc(-c2cc(-c3ccc(C4CCCN(CC(F)(F)F)C4)cc3)cnc2N)ccc1C=O. The second-order valence-corrected chi connectivity index (χ2v) is 9.35. The molecule has 0 radical (unpaired) electrons. The van der Waals surface area contributed by atoms with Crippen LogP contribution in [0.5, 0.6) is 0 Å². The van der Waals surface area contributed by atoms with Gasteiger partial charge in [0.15, 0.2) is 0 Å². The van der Waals surface area contributed by atoms with E-state index in [4.69, 9.17) is 5.73 Å². The summed E-state index contributed by atoms with van der Waals surface area (Å²) in [5, 5.41) is 3.10. The van der Waals surface area contributed by atoms with Gasteiger partial charge in [-0.05, 0) is 73.6 Å². The molecule has 1 aliphatic rings. The summed E-state index contributed by atoms with van der Waals surface area (Å²) in [4.78, 5) is 17.4. The molecule has 0 bridgehead atoms. The number of nitrogens with zero attached hydrogens (tertiary/aromatic N) is 2. The molecule has 36 heavy (non-hydrogen) atoms. The number of anilines is 1. The molecule has 2 heterocycles. The monoisotopic (exact) mass is 496 g/mol. The number of rotatable bonds is 8. The first-order chi connectivity index (χ1) is 17.3. The van der Waals surface area contributed by atoms with Crippen molar-refractivity contribution in [2.45, 2.75) is 31.4 Å². The quantitative estimate of drug-likeness (QED) is 0.414. The van der Waals surface area contributed by atoms with Gasteiger partial charge in [-0.15, -0.1) is 0 Å². The number of carbonyl (C=O) groups excluding carboxylic acids is 1. The number of aldehydes is 1. The number of nitrogens with two attached hydrogens (primary N) is 1. The summed E-state index contributed by atoms with van der Waals surface area (Å²) in [6, 6.07) is 15.6. The van der Waals surface area contributed by atoms with Gasteiger partial charge < -0.3 is 11.1 Å². The zero-order valence-corrected chi connectivity index (χ0v) is 20.3. The fourth-order valence-electron chi connectivity index (χ4n) is 4.90. The Morgan fingerprint density at radius 3 is 2.56 bits per heavy atom. The lowest BCUT2D eigenvalue weighted by molar-refractivity contribution is -0.148. The molecular weight excluding hydrogens is 465 g/mol. The number of piperidine rings is 1. The van der Waals surface area contributed by atoms with Crippen molar-refractivity contribution < 1.29 is 18.0 Å². The highest BCUT2D eigenvalue weighted by Crippen LogP contribution is 2.33. The lowest BCUT2D eigenvalue weighted by Gasteiger charge is -2.33. The van der Waals surface area contributed by atoms with Gasteiger partial charge in [0.1, 0.15) is 12.1 Å². The third-order valence-electron chi connectivity index (χ3n) is 6.77. The van der Waals surface area contributed by atoms with Crippen LogP contribution < -0.4 is 11.1 Å². The third-order valence-corrected chi connectivity index (χ3v) is 6.77. The number of nitrogen functional groups attached to an aromatic ring is 1. The first-order valence-electron chi connectivity index (χ1n) is 12.2. The number of aromatic nitrogens is 1. The van der Waals surface area contributed by atoms with E-state index < -0.39 is 12.7 Å². The van der Waals surface area contributed by atoms with E-state index in [9.17, 15) is 18.0 Å². The summed E-state index contributed by atoms with van der Waals surface area (Å²) in [6.07, 6.45) is 0.770. The number of likely N-dealkylation sites (N-methyl/N-ethyl adjacent to an activating group) is 1. The molecule has 1 aromatic heterocycles. The van der Waals surface area contributed by atoms with Gasteiger partial charge in [-0.3, -0.25) is 9.69 Å². The Morgan fingerprint density at radius 2 is 1.86 bits per heavy atom. The minimum absolute atomic E-state index is 0.0858. The van der Waals surface area contributed by atoms with Crippen molar-refractivity contribution in [2.24, 2.45) is 0 Å². The number of hydrogen-bond acceptors (Lipinski definition) is 5. The Labute approximate surface area is 209 Å². The highest BCUT2D eigenvalue weighted by Gasteiger charge is 2.33. The van der Waals surface area contributed by atoms with Gasteiger partial charge in [-0.1, -0.05) is 42.5 Å². The lowest BCUT2D eigenvalue weighted by Crippen LogP contribution is -2.40. The summed E-state index contributed by atoms with van der Waals surface area (Å²) in [7, 11) is 1.87. The summed E-state index contributed by atoms with van der Waals surface area (Å²) in [5.41, 5.74) is 12.4. The van der Waals surface area contributed by atoms with Crippen LogP contribution in [0.3, 0.4) is 0 Å². The molecule has 0 aliphatic carbocycles. The molecule has 2 aromatic carbocycles. The van der Waals surface area contributed by atoms with Crippen molar-refractivity contribution in [2.75, 3.05) is 39.0 Å². The van der Waals surface area contributed by atoms with E-state index in [0.717, 1.165) is 59.1 Å². The van der Waals surface area contributed by atoms with Crippen molar-refractivity contribution in [1.82, 2.24) is 15.2 Å². The van der Waals surface area contributed by atoms with Crippen molar-refractivity contribution >= 4 is 12.1 Å². The predicted molar refractivity (Wildman–Crippen MR) is 137 cm³/mol. The predicted octanol–water partition coefficient (Wildman–Crippen LogP) is 5.31. The van der Waals surface area contributed by atoms with Gasteiger partial charge in [0.25, 0.3) is 0 Å². The van der Waals surface area contributed by atoms with Gasteiger partial charge in [-0.2, -0.15) is 13.2 Å². The summed E-state index contributed by atoms with van der Waals surface area (Å²) in [6.45, 7) is 0.795. The van der Waals surface area contributed by atoms with E-state index in [-0.39, 0.29) is 5.92 Å². The van der Waals surface area contributed by atoms with E-state index >= 15 is 0 Å². The summed E-state index contributed by atoms with van der Waals surface area (Å²) in [5.74, 6) is 0.489. The first-order valence-corrected chi connectivity index (χ1v) is 12.2. The van der Waals surface area contributed by atoms with Crippen molar-refractivity contribution in [3.05, 3.63) is 71.4 Å². The third kappa shape index (κ3) is 6.30. The highest BCUT2D eigenvalue weighted by atomic mass is 19.4. The van der Waals surface area contributed by atoms with Crippen LogP contribution >= 0.6 is 0 Å². The second-order valence-electron chi connectivity index (χ2n) is 9.35. The topological polar surface area (TPSA) is 71.2 Å². The van der Waals surface area contributed by atoms with E-state index in [1.807, 2.05) is 49.5 Å². The van der Waals surface area contributed by atoms with Crippen LogP contribution in [-0.4, -0.2) is 55.6 Å². The highest BCUT2D eigenvalue weighted by molar-refractivity contribution is 5.83. The number of alkyl halides is 3. The minimum atomic E-state index is -4.17. The maximum Gasteiger partial charge on any atom is 0.401 e. The molecule has 1 fully saturated rings. The fraction of sp³-hybridized carbons (Fsp3) is 0.357. The van der Waals surface area contributed by atoms with Crippen LogP contribution in [0, 0.1) is 0 Å². The first kappa shape index (κ1) is 25.9. The van der Waals surface area contributed by atoms with Crippen LogP contribution in [0.15, 0.2) is 54.7 Å². The van der Waals surface area contributed by atoms with Crippen LogP contribution in [0.1, 0.15) is 40.2 Å². The van der Waals surface area contributed by atoms with Gasteiger partial charge in [0.05, 0.1) is 6.54 Å². The Balaban J connectivity index is 1.56. The minimum Gasteiger partial charge on any atom is -0.383 e. The van der Waals surface area contributed by atoms with Gasteiger partial charge in [0.2, 0.25) is 0 Å². The molecule has 3 N–H and O–H groups in total.